The van der Waals surface area contributed by atoms with Crippen LogP contribution in [-0.2, 0) is 16.0 Å². The second-order valence-electron chi connectivity index (χ2n) is 7.76. The molecule has 0 bridgehead atoms. The van der Waals surface area contributed by atoms with E-state index in [0.717, 1.165) is 49.5 Å². The number of amides is 1. The minimum absolute atomic E-state index is 0.243. The highest BCUT2D eigenvalue weighted by atomic mass is 35.5. The summed E-state index contributed by atoms with van der Waals surface area (Å²) in [7, 11) is 0. The van der Waals surface area contributed by atoms with Gasteiger partial charge in [-0.15, -0.1) is 0 Å². The van der Waals surface area contributed by atoms with E-state index in [9.17, 15) is 14.7 Å². The molecule has 0 aliphatic carbocycles. The quantitative estimate of drug-likeness (QED) is 0.472. The number of piperazine rings is 1. The fourth-order valence-electron chi connectivity index (χ4n) is 3.90. The molecule has 6 heteroatoms. The first-order chi connectivity index (χ1) is 14.5. The minimum Gasteiger partial charge on any atom is -0.481 e. The molecule has 1 N–H and O–H groups in total. The number of carbonyl (C=O) groups is 2. The molecule has 1 fully saturated rings. The molecule has 1 saturated heterocycles. The summed E-state index contributed by atoms with van der Waals surface area (Å²) in [5.74, 6) is -2.19. The normalized spacial score (nSPS) is 15.1. The highest BCUT2D eigenvalue weighted by Gasteiger charge is 2.31. The van der Waals surface area contributed by atoms with Crippen molar-refractivity contribution < 1.29 is 14.7 Å². The van der Waals surface area contributed by atoms with E-state index in [1.54, 1.807) is 4.90 Å². The van der Waals surface area contributed by atoms with Crippen LogP contribution >= 0.6 is 11.6 Å². The number of hydrogen-bond donors (Lipinski definition) is 1. The molecule has 3 rings (SSSR count). The van der Waals surface area contributed by atoms with Gasteiger partial charge in [0.1, 0.15) is 5.92 Å². The maximum Gasteiger partial charge on any atom is 0.316 e. The number of nitrogens with zero attached hydrogens (tertiary/aromatic N) is 2. The Morgan fingerprint density at radius 3 is 2.20 bits per heavy atom. The van der Waals surface area contributed by atoms with Crippen LogP contribution in [-0.4, -0.2) is 48.1 Å². The Balaban J connectivity index is 1.42. The van der Waals surface area contributed by atoms with Crippen molar-refractivity contribution in [3.05, 3.63) is 65.2 Å². The number of rotatable bonds is 9. The van der Waals surface area contributed by atoms with Gasteiger partial charge >= 0.3 is 5.97 Å². The Hall–Kier alpha value is -2.53. The van der Waals surface area contributed by atoms with Crippen molar-refractivity contribution in [1.29, 1.82) is 0 Å². The van der Waals surface area contributed by atoms with Gasteiger partial charge in [-0.3, -0.25) is 9.59 Å². The minimum atomic E-state index is -1.01. The van der Waals surface area contributed by atoms with E-state index < -0.39 is 11.9 Å². The number of hydrogen-bond acceptors (Lipinski definition) is 3. The van der Waals surface area contributed by atoms with E-state index in [1.165, 1.54) is 5.56 Å². The van der Waals surface area contributed by atoms with E-state index in [2.05, 4.69) is 17.0 Å². The molecule has 1 amide bonds. The first-order valence-corrected chi connectivity index (χ1v) is 11.0. The Morgan fingerprint density at radius 1 is 0.900 bits per heavy atom. The van der Waals surface area contributed by atoms with Crippen LogP contribution in [0.25, 0.3) is 0 Å². The Labute approximate surface area is 183 Å². The number of halogens is 1. The second-order valence-corrected chi connectivity index (χ2v) is 8.20. The fraction of sp³-hybridized carbons (Fsp3) is 0.417. The molecule has 1 aliphatic rings. The van der Waals surface area contributed by atoms with Crippen LogP contribution in [0.3, 0.4) is 0 Å². The van der Waals surface area contributed by atoms with Crippen LogP contribution in [0.4, 0.5) is 5.69 Å². The van der Waals surface area contributed by atoms with Crippen LogP contribution in [0.1, 0.15) is 31.2 Å². The molecule has 30 heavy (non-hydrogen) atoms. The molecule has 0 spiro atoms. The van der Waals surface area contributed by atoms with Gasteiger partial charge in [-0.25, -0.2) is 0 Å². The third-order valence-corrected chi connectivity index (χ3v) is 5.93. The summed E-state index contributed by atoms with van der Waals surface area (Å²) >= 11 is 5.90. The summed E-state index contributed by atoms with van der Waals surface area (Å²) in [6.45, 7) is 2.58. The van der Waals surface area contributed by atoms with E-state index in [1.807, 2.05) is 42.5 Å². The molecule has 5 nitrogen and oxygen atoms in total. The molecule has 2 aromatic carbocycles. The zero-order valence-electron chi connectivity index (χ0n) is 17.2. The molecule has 0 aromatic heterocycles. The van der Waals surface area contributed by atoms with Gasteiger partial charge in [0, 0.05) is 36.9 Å². The maximum atomic E-state index is 12.8. The number of aryl methyl sites for hydroxylation is 1. The summed E-state index contributed by atoms with van der Waals surface area (Å²) in [5, 5.41) is 10.3. The van der Waals surface area contributed by atoms with Crippen LogP contribution in [0.2, 0.25) is 5.02 Å². The van der Waals surface area contributed by atoms with Crippen molar-refractivity contribution in [2.75, 3.05) is 31.1 Å². The number of aliphatic carboxylic acids is 1. The SMILES string of the molecule is O=C(O)C(CCCCCc1ccc(Cl)cc1)C(=O)N1CCN(c2ccccc2)CC1. The average Bonchev–Trinajstić information content (AvgIpc) is 2.77. The lowest BCUT2D eigenvalue weighted by atomic mass is 9.98. The van der Waals surface area contributed by atoms with E-state index in [-0.39, 0.29) is 5.91 Å². The predicted molar refractivity (Wildman–Crippen MR) is 120 cm³/mol. The van der Waals surface area contributed by atoms with Crippen LogP contribution in [0, 0.1) is 5.92 Å². The van der Waals surface area contributed by atoms with Gasteiger partial charge in [0.25, 0.3) is 0 Å². The monoisotopic (exact) mass is 428 g/mol. The van der Waals surface area contributed by atoms with Crippen molar-refractivity contribution in [3.8, 4) is 0 Å². The fourth-order valence-corrected chi connectivity index (χ4v) is 4.03. The highest BCUT2D eigenvalue weighted by Crippen LogP contribution is 2.20. The number of carboxylic acid groups (broad SMARTS) is 1. The average molecular weight is 429 g/mol. The molecule has 1 atom stereocenters. The van der Waals surface area contributed by atoms with Crippen molar-refractivity contribution in [1.82, 2.24) is 4.90 Å². The van der Waals surface area contributed by atoms with Gasteiger partial charge in [-0.1, -0.05) is 54.8 Å². The predicted octanol–water partition coefficient (Wildman–Crippen LogP) is 4.49. The lowest BCUT2D eigenvalue weighted by Gasteiger charge is -2.37. The number of carbonyl (C=O) groups excluding carboxylic acids is 1. The maximum absolute atomic E-state index is 12.8. The zero-order valence-corrected chi connectivity index (χ0v) is 17.9. The summed E-state index contributed by atoms with van der Waals surface area (Å²) in [6, 6.07) is 17.9. The number of unbranched alkanes of at least 4 members (excludes halogenated alkanes) is 2. The number of para-hydroxylation sites is 1. The Kier molecular flexibility index (Phi) is 8.14. The molecule has 1 heterocycles. The third-order valence-electron chi connectivity index (χ3n) is 5.68. The smallest absolute Gasteiger partial charge is 0.316 e. The van der Waals surface area contributed by atoms with E-state index in [4.69, 9.17) is 11.6 Å². The largest absolute Gasteiger partial charge is 0.481 e. The van der Waals surface area contributed by atoms with E-state index in [0.29, 0.717) is 19.5 Å². The van der Waals surface area contributed by atoms with Crippen molar-refractivity contribution in [3.63, 3.8) is 0 Å². The number of carboxylic acids is 1. The lowest BCUT2D eigenvalue weighted by Crippen LogP contribution is -2.51. The lowest BCUT2D eigenvalue weighted by molar-refractivity contribution is -0.151. The molecule has 1 unspecified atom stereocenters. The molecular formula is C24H29ClN2O3. The molecule has 2 aromatic rings. The Bertz CT molecular complexity index is 818. The first-order valence-electron chi connectivity index (χ1n) is 10.6. The number of anilines is 1. The topological polar surface area (TPSA) is 60.9 Å². The summed E-state index contributed by atoms with van der Waals surface area (Å²) in [5.41, 5.74) is 2.36. The Morgan fingerprint density at radius 2 is 1.57 bits per heavy atom. The molecule has 1 aliphatic heterocycles. The van der Waals surface area contributed by atoms with Gasteiger partial charge in [0.2, 0.25) is 5.91 Å². The molecule has 160 valence electrons. The van der Waals surface area contributed by atoms with Gasteiger partial charge < -0.3 is 14.9 Å². The van der Waals surface area contributed by atoms with Crippen molar-refractivity contribution in [2.24, 2.45) is 5.92 Å². The zero-order chi connectivity index (χ0) is 21.3. The summed E-state index contributed by atoms with van der Waals surface area (Å²) < 4.78 is 0. The number of benzene rings is 2. The van der Waals surface area contributed by atoms with Crippen LogP contribution in [0.5, 0.6) is 0 Å². The van der Waals surface area contributed by atoms with Gasteiger partial charge in [0.05, 0.1) is 0 Å². The molecule has 0 radical (unpaired) electrons. The molecule has 0 saturated carbocycles. The van der Waals surface area contributed by atoms with Crippen LogP contribution in [0.15, 0.2) is 54.6 Å². The first kappa shape index (κ1) is 22.2. The summed E-state index contributed by atoms with van der Waals surface area (Å²) in [6.07, 6.45) is 3.94. The summed E-state index contributed by atoms with van der Waals surface area (Å²) in [4.78, 5) is 28.5. The highest BCUT2D eigenvalue weighted by molar-refractivity contribution is 6.30. The molecular weight excluding hydrogens is 400 g/mol. The van der Waals surface area contributed by atoms with Crippen LogP contribution < -0.4 is 4.90 Å². The van der Waals surface area contributed by atoms with E-state index >= 15 is 0 Å². The van der Waals surface area contributed by atoms with Gasteiger partial charge in [0.15, 0.2) is 0 Å². The van der Waals surface area contributed by atoms with Crippen molar-refractivity contribution in [2.45, 2.75) is 32.1 Å². The van der Waals surface area contributed by atoms with Gasteiger partial charge in [-0.2, -0.15) is 0 Å². The second kappa shape index (κ2) is 11.0. The standard InChI is InChI=1S/C24H29ClN2O3/c25-20-13-11-19(12-14-20)7-3-1-6-10-22(24(29)30)23(28)27-17-15-26(16-18-27)21-8-4-2-5-9-21/h2,4-5,8-9,11-14,22H,1,3,6-7,10,15-18H2,(H,29,30). The van der Waals surface area contributed by atoms with Crippen molar-refractivity contribution >= 4 is 29.2 Å². The van der Waals surface area contributed by atoms with Gasteiger partial charge in [-0.05, 0) is 49.1 Å². The third kappa shape index (κ3) is 6.23.